The molecule has 0 spiro atoms. The number of nitrogens with two attached hydrogens (primary N) is 1. The summed E-state index contributed by atoms with van der Waals surface area (Å²) in [6.07, 6.45) is 5.82. The first-order valence-electron chi connectivity index (χ1n) is 9.44. The van der Waals surface area contributed by atoms with Crippen molar-refractivity contribution >= 4 is 28.3 Å². The molecule has 1 atom stereocenters. The highest BCUT2D eigenvalue weighted by atomic mass is 35.5. The zero-order valence-corrected chi connectivity index (χ0v) is 17.7. The first kappa shape index (κ1) is 23.9. The molecule has 0 aliphatic heterocycles. The smallest absolute Gasteiger partial charge is 0.251 e. The summed E-state index contributed by atoms with van der Waals surface area (Å²) in [5.41, 5.74) is 6.31. The molecule has 1 aromatic carbocycles. The second-order valence-corrected chi connectivity index (χ2v) is 9.25. The molecule has 0 heterocycles. The molecule has 27 heavy (non-hydrogen) atoms. The molecular weight excluding hydrogens is 386 g/mol. The molecule has 0 aromatic heterocycles. The van der Waals surface area contributed by atoms with Crippen LogP contribution in [0.15, 0.2) is 29.2 Å². The van der Waals surface area contributed by atoms with Crippen LogP contribution in [0, 0.1) is 11.8 Å². The maximum atomic E-state index is 12.5. The van der Waals surface area contributed by atoms with Crippen LogP contribution in [0.4, 0.5) is 0 Å². The zero-order valence-electron chi connectivity index (χ0n) is 16.1. The van der Waals surface area contributed by atoms with E-state index in [2.05, 4.69) is 10.0 Å². The number of benzene rings is 1. The van der Waals surface area contributed by atoms with E-state index in [-0.39, 0.29) is 35.2 Å². The second-order valence-electron chi connectivity index (χ2n) is 7.48. The van der Waals surface area contributed by atoms with Gasteiger partial charge < -0.3 is 11.1 Å². The fourth-order valence-corrected chi connectivity index (χ4v) is 4.52. The summed E-state index contributed by atoms with van der Waals surface area (Å²) in [7, 11) is -3.54. The lowest BCUT2D eigenvalue weighted by Crippen LogP contribution is -2.45. The van der Waals surface area contributed by atoms with Crippen molar-refractivity contribution in [3.05, 3.63) is 29.8 Å². The van der Waals surface area contributed by atoms with Gasteiger partial charge in [0.2, 0.25) is 10.0 Å². The quantitative estimate of drug-likeness (QED) is 0.605. The maximum absolute atomic E-state index is 12.5. The van der Waals surface area contributed by atoms with E-state index in [4.69, 9.17) is 5.73 Å². The van der Waals surface area contributed by atoms with Gasteiger partial charge >= 0.3 is 0 Å². The summed E-state index contributed by atoms with van der Waals surface area (Å²) in [4.78, 5) is 12.7. The van der Waals surface area contributed by atoms with Crippen LogP contribution in [0.2, 0.25) is 0 Å². The number of amides is 1. The lowest BCUT2D eigenvalue weighted by Gasteiger charge is -2.30. The Kier molecular flexibility index (Phi) is 9.73. The van der Waals surface area contributed by atoms with E-state index in [1.54, 1.807) is 12.1 Å². The predicted octanol–water partition coefficient (Wildman–Crippen LogP) is 2.68. The van der Waals surface area contributed by atoms with Crippen molar-refractivity contribution in [3.8, 4) is 0 Å². The Morgan fingerprint density at radius 1 is 1.15 bits per heavy atom. The van der Waals surface area contributed by atoms with Gasteiger partial charge in [-0.25, -0.2) is 13.1 Å². The Morgan fingerprint density at radius 3 is 2.26 bits per heavy atom. The lowest BCUT2D eigenvalue weighted by atomic mass is 9.84. The Morgan fingerprint density at radius 2 is 1.74 bits per heavy atom. The number of halogens is 1. The van der Waals surface area contributed by atoms with Gasteiger partial charge in [0, 0.05) is 24.7 Å². The molecule has 0 bridgehead atoms. The molecule has 4 N–H and O–H groups in total. The number of hydrogen-bond donors (Lipinski definition) is 3. The SMILES string of the molecule is CC(C)CNS(=O)(=O)c1ccc(C(=O)NC(CN)C2CCCCC2)cc1.Cl. The fourth-order valence-electron chi connectivity index (χ4n) is 3.30. The average molecular weight is 418 g/mol. The Hall–Kier alpha value is -1.15. The summed E-state index contributed by atoms with van der Waals surface area (Å²) in [5, 5.41) is 3.02. The lowest BCUT2D eigenvalue weighted by molar-refractivity contribution is 0.0915. The molecule has 1 saturated carbocycles. The van der Waals surface area contributed by atoms with Crippen molar-refractivity contribution in [3.63, 3.8) is 0 Å². The molecule has 0 radical (unpaired) electrons. The molecule has 1 unspecified atom stereocenters. The molecule has 1 amide bonds. The van der Waals surface area contributed by atoms with Crippen LogP contribution in [-0.4, -0.2) is 33.5 Å². The topological polar surface area (TPSA) is 101 Å². The molecule has 8 heteroatoms. The summed E-state index contributed by atoms with van der Waals surface area (Å²) < 4.78 is 27.0. The summed E-state index contributed by atoms with van der Waals surface area (Å²) in [6, 6.07) is 6.01. The Balaban J connectivity index is 0.00000364. The highest BCUT2D eigenvalue weighted by Gasteiger charge is 2.24. The fraction of sp³-hybridized carbons (Fsp3) is 0.632. The third kappa shape index (κ3) is 7.07. The summed E-state index contributed by atoms with van der Waals surface area (Å²) in [5.74, 6) is 0.450. The van der Waals surface area contributed by atoms with Crippen LogP contribution in [0.1, 0.15) is 56.3 Å². The molecule has 6 nitrogen and oxygen atoms in total. The van der Waals surface area contributed by atoms with Gasteiger partial charge in [-0.2, -0.15) is 0 Å². The van der Waals surface area contributed by atoms with Gasteiger partial charge in [-0.1, -0.05) is 33.1 Å². The Bertz CT molecular complexity index is 687. The minimum Gasteiger partial charge on any atom is -0.348 e. The van der Waals surface area contributed by atoms with Crippen molar-refractivity contribution in [1.29, 1.82) is 0 Å². The number of carbonyl (C=O) groups excluding carboxylic acids is 1. The van der Waals surface area contributed by atoms with E-state index in [1.165, 1.54) is 31.4 Å². The number of hydrogen-bond acceptors (Lipinski definition) is 4. The van der Waals surface area contributed by atoms with Gasteiger partial charge in [0.25, 0.3) is 5.91 Å². The molecule has 1 aliphatic carbocycles. The van der Waals surface area contributed by atoms with Crippen molar-refractivity contribution in [2.75, 3.05) is 13.1 Å². The number of sulfonamides is 1. The van der Waals surface area contributed by atoms with Crippen LogP contribution in [0.3, 0.4) is 0 Å². The third-order valence-corrected chi connectivity index (χ3v) is 6.34. The number of carbonyl (C=O) groups is 1. The summed E-state index contributed by atoms with van der Waals surface area (Å²) in [6.45, 7) is 4.68. The van der Waals surface area contributed by atoms with Crippen molar-refractivity contribution in [2.24, 2.45) is 17.6 Å². The van der Waals surface area contributed by atoms with Gasteiger partial charge in [-0.3, -0.25) is 4.79 Å². The monoisotopic (exact) mass is 417 g/mol. The third-order valence-electron chi connectivity index (χ3n) is 4.90. The molecule has 1 fully saturated rings. The zero-order chi connectivity index (χ0) is 19.2. The molecule has 1 aliphatic rings. The largest absolute Gasteiger partial charge is 0.348 e. The van der Waals surface area contributed by atoms with Crippen molar-refractivity contribution in [1.82, 2.24) is 10.0 Å². The Labute approximate surface area is 169 Å². The van der Waals surface area contributed by atoms with E-state index in [0.717, 1.165) is 12.8 Å². The molecule has 2 rings (SSSR count). The van der Waals surface area contributed by atoms with Crippen LogP contribution >= 0.6 is 12.4 Å². The number of nitrogens with one attached hydrogen (secondary N) is 2. The minimum absolute atomic E-state index is 0. The molecular formula is C19H32ClN3O3S. The van der Waals surface area contributed by atoms with Gasteiger partial charge in [0.1, 0.15) is 0 Å². The van der Waals surface area contributed by atoms with Gasteiger partial charge in [0.05, 0.1) is 4.90 Å². The van der Waals surface area contributed by atoms with Crippen molar-refractivity contribution < 1.29 is 13.2 Å². The molecule has 154 valence electrons. The molecule has 1 aromatic rings. The van der Waals surface area contributed by atoms with Gasteiger partial charge in [-0.05, 0) is 48.9 Å². The van der Waals surface area contributed by atoms with E-state index in [1.807, 2.05) is 13.8 Å². The normalized spacial score (nSPS) is 16.6. The van der Waals surface area contributed by atoms with Crippen molar-refractivity contribution in [2.45, 2.75) is 56.9 Å². The van der Waals surface area contributed by atoms with E-state index < -0.39 is 10.0 Å². The number of rotatable bonds is 8. The predicted molar refractivity (Wildman–Crippen MR) is 111 cm³/mol. The average Bonchev–Trinajstić information content (AvgIpc) is 2.65. The van der Waals surface area contributed by atoms with E-state index in [9.17, 15) is 13.2 Å². The first-order valence-corrected chi connectivity index (χ1v) is 10.9. The van der Waals surface area contributed by atoms with Crippen LogP contribution < -0.4 is 15.8 Å². The van der Waals surface area contributed by atoms with Crippen LogP contribution in [-0.2, 0) is 10.0 Å². The standard InChI is InChI=1S/C19H31N3O3S.ClH/c1-14(2)13-21-26(24,25)17-10-8-16(9-11-17)19(23)22-18(12-20)15-6-4-3-5-7-15;/h8-11,14-15,18,21H,3-7,12-13,20H2,1-2H3,(H,22,23);1H. The van der Waals surface area contributed by atoms with E-state index >= 15 is 0 Å². The van der Waals surface area contributed by atoms with E-state index in [0.29, 0.717) is 24.6 Å². The first-order chi connectivity index (χ1) is 12.3. The second kappa shape index (κ2) is 11.0. The maximum Gasteiger partial charge on any atom is 0.251 e. The van der Waals surface area contributed by atoms with Crippen LogP contribution in [0.25, 0.3) is 0 Å². The molecule has 0 saturated heterocycles. The van der Waals surface area contributed by atoms with Crippen LogP contribution in [0.5, 0.6) is 0 Å². The summed E-state index contributed by atoms with van der Waals surface area (Å²) >= 11 is 0. The highest BCUT2D eigenvalue weighted by Crippen LogP contribution is 2.26. The highest BCUT2D eigenvalue weighted by molar-refractivity contribution is 7.89. The minimum atomic E-state index is -3.54. The van der Waals surface area contributed by atoms with Gasteiger partial charge in [0.15, 0.2) is 0 Å². The van der Waals surface area contributed by atoms with Gasteiger partial charge in [-0.15, -0.1) is 12.4 Å².